The Morgan fingerprint density at radius 3 is 2.53 bits per heavy atom. The van der Waals surface area contributed by atoms with Gasteiger partial charge in [0.1, 0.15) is 5.75 Å². The Morgan fingerprint density at radius 1 is 1.11 bits per heavy atom. The normalized spacial score (nSPS) is 10.3. The Labute approximate surface area is 114 Å². The molecule has 3 heteroatoms. The molecule has 0 aliphatic heterocycles. The lowest BCUT2D eigenvalue weighted by molar-refractivity contribution is 0.417. The number of hydrogen-bond donors (Lipinski definition) is 1. The Balaban J connectivity index is 2.26. The maximum absolute atomic E-state index is 6.12. The molecule has 0 aliphatic carbocycles. The number of nitrogens with zero attached hydrogens (tertiary/aromatic N) is 1. The standard InChI is InChI=1S/C16H20N2O/c1-12-7-4-5-8-13(12)11-18(2)14-9-6-10-15(19-3)16(14)17/h4-10H,11,17H2,1-3H3. The van der Waals surface area contributed by atoms with Crippen LogP contribution in [-0.2, 0) is 6.54 Å². The van der Waals surface area contributed by atoms with E-state index in [2.05, 4.69) is 36.1 Å². The van der Waals surface area contributed by atoms with Crippen LogP contribution in [0.2, 0.25) is 0 Å². The summed E-state index contributed by atoms with van der Waals surface area (Å²) in [4.78, 5) is 2.14. The van der Waals surface area contributed by atoms with Gasteiger partial charge in [-0.3, -0.25) is 0 Å². The van der Waals surface area contributed by atoms with Gasteiger partial charge < -0.3 is 15.4 Å². The quantitative estimate of drug-likeness (QED) is 0.854. The molecule has 0 radical (unpaired) electrons. The smallest absolute Gasteiger partial charge is 0.143 e. The van der Waals surface area contributed by atoms with Crippen molar-refractivity contribution in [3.8, 4) is 5.75 Å². The topological polar surface area (TPSA) is 38.5 Å². The lowest BCUT2D eigenvalue weighted by Crippen LogP contribution is -2.18. The summed E-state index contributed by atoms with van der Waals surface area (Å²) in [6.45, 7) is 2.95. The summed E-state index contributed by atoms with van der Waals surface area (Å²) in [7, 11) is 3.67. The Morgan fingerprint density at radius 2 is 1.84 bits per heavy atom. The lowest BCUT2D eigenvalue weighted by atomic mass is 10.1. The first-order chi connectivity index (χ1) is 9.13. The molecule has 19 heavy (non-hydrogen) atoms. The molecule has 0 fully saturated rings. The second-order valence-corrected chi connectivity index (χ2v) is 4.68. The second-order valence-electron chi connectivity index (χ2n) is 4.68. The van der Waals surface area contributed by atoms with E-state index in [1.165, 1.54) is 11.1 Å². The fraction of sp³-hybridized carbons (Fsp3) is 0.250. The largest absolute Gasteiger partial charge is 0.495 e. The van der Waals surface area contributed by atoms with Crippen molar-refractivity contribution < 1.29 is 4.74 Å². The molecule has 2 N–H and O–H groups in total. The van der Waals surface area contributed by atoms with E-state index in [1.54, 1.807) is 7.11 Å². The van der Waals surface area contributed by atoms with Gasteiger partial charge >= 0.3 is 0 Å². The minimum absolute atomic E-state index is 0.682. The highest BCUT2D eigenvalue weighted by molar-refractivity contribution is 5.73. The van der Waals surface area contributed by atoms with E-state index in [0.29, 0.717) is 11.4 Å². The van der Waals surface area contributed by atoms with Gasteiger partial charge in [-0.2, -0.15) is 0 Å². The van der Waals surface area contributed by atoms with Crippen LogP contribution in [0.5, 0.6) is 5.75 Å². The zero-order valence-electron chi connectivity index (χ0n) is 11.7. The van der Waals surface area contributed by atoms with Gasteiger partial charge in [-0.25, -0.2) is 0 Å². The average molecular weight is 256 g/mol. The number of anilines is 2. The summed E-state index contributed by atoms with van der Waals surface area (Å²) in [5, 5.41) is 0. The molecule has 2 aromatic carbocycles. The molecule has 0 heterocycles. The van der Waals surface area contributed by atoms with E-state index in [0.717, 1.165) is 12.2 Å². The summed E-state index contributed by atoms with van der Waals surface area (Å²) >= 11 is 0. The SMILES string of the molecule is COc1cccc(N(C)Cc2ccccc2C)c1N. The molecule has 0 unspecified atom stereocenters. The van der Waals surface area contributed by atoms with Gasteiger partial charge in [-0.15, -0.1) is 0 Å². The fourth-order valence-corrected chi connectivity index (χ4v) is 2.17. The third-order valence-electron chi connectivity index (χ3n) is 3.34. The Hall–Kier alpha value is -2.16. The number of hydrogen-bond acceptors (Lipinski definition) is 3. The number of aryl methyl sites for hydroxylation is 1. The summed E-state index contributed by atoms with van der Waals surface area (Å²) in [5.74, 6) is 0.717. The summed E-state index contributed by atoms with van der Waals surface area (Å²) in [5.41, 5.74) is 10.4. The van der Waals surface area contributed by atoms with Crippen LogP contribution in [-0.4, -0.2) is 14.2 Å². The zero-order valence-corrected chi connectivity index (χ0v) is 11.7. The van der Waals surface area contributed by atoms with E-state index < -0.39 is 0 Å². The molecule has 0 bridgehead atoms. The average Bonchev–Trinajstić information content (AvgIpc) is 2.41. The second kappa shape index (κ2) is 5.65. The Kier molecular flexibility index (Phi) is 3.95. The zero-order chi connectivity index (χ0) is 13.8. The highest BCUT2D eigenvalue weighted by atomic mass is 16.5. The third-order valence-corrected chi connectivity index (χ3v) is 3.34. The molecular formula is C16H20N2O. The number of nitrogens with two attached hydrogens (primary N) is 1. The van der Waals surface area contributed by atoms with Gasteiger partial charge in [0.05, 0.1) is 18.5 Å². The number of nitrogen functional groups attached to an aromatic ring is 1. The molecule has 0 spiro atoms. The number of ether oxygens (including phenoxy) is 1. The molecule has 2 rings (SSSR count). The number of rotatable bonds is 4. The van der Waals surface area contributed by atoms with Crippen molar-refractivity contribution in [1.29, 1.82) is 0 Å². The number of benzene rings is 2. The van der Waals surface area contributed by atoms with Gasteiger partial charge in [-0.1, -0.05) is 30.3 Å². The first kappa shape index (κ1) is 13.3. The van der Waals surface area contributed by atoms with Crippen LogP contribution >= 0.6 is 0 Å². The molecule has 0 atom stereocenters. The first-order valence-corrected chi connectivity index (χ1v) is 6.31. The van der Waals surface area contributed by atoms with Crippen molar-refractivity contribution in [2.45, 2.75) is 13.5 Å². The molecule has 0 saturated carbocycles. The van der Waals surface area contributed by atoms with Gasteiger partial charge in [0.15, 0.2) is 0 Å². The van der Waals surface area contributed by atoms with Crippen LogP contribution in [0.4, 0.5) is 11.4 Å². The number of para-hydroxylation sites is 1. The molecule has 0 amide bonds. The predicted octanol–water partition coefficient (Wildman–Crippen LogP) is 3.22. The lowest BCUT2D eigenvalue weighted by Gasteiger charge is -2.23. The van der Waals surface area contributed by atoms with Crippen molar-refractivity contribution in [1.82, 2.24) is 0 Å². The van der Waals surface area contributed by atoms with E-state index in [4.69, 9.17) is 10.5 Å². The Bertz CT molecular complexity index is 566. The van der Waals surface area contributed by atoms with Gasteiger partial charge in [0.2, 0.25) is 0 Å². The van der Waals surface area contributed by atoms with Crippen LogP contribution < -0.4 is 15.4 Å². The van der Waals surface area contributed by atoms with Crippen molar-refractivity contribution in [2.75, 3.05) is 24.8 Å². The van der Waals surface area contributed by atoms with E-state index in [9.17, 15) is 0 Å². The van der Waals surface area contributed by atoms with Crippen molar-refractivity contribution in [3.63, 3.8) is 0 Å². The molecule has 3 nitrogen and oxygen atoms in total. The van der Waals surface area contributed by atoms with Crippen molar-refractivity contribution >= 4 is 11.4 Å². The fourth-order valence-electron chi connectivity index (χ4n) is 2.17. The number of methoxy groups -OCH3 is 1. The first-order valence-electron chi connectivity index (χ1n) is 6.31. The van der Waals surface area contributed by atoms with Gasteiger partial charge in [0.25, 0.3) is 0 Å². The monoisotopic (exact) mass is 256 g/mol. The van der Waals surface area contributed by atoms with Crippen LogP contribution in [0.15, 0.2) is 42.5 Å². The van der Waals surface area contributed by atoms with Gasteiger partial charge in [0, 0.05) is 13.6 Å². The van der Waals surface area contributed by atoms with E-state index in [-0.39, 0.29) is 0 Å². The minimum Gasteiger partial charge on any atom is -0.495 e. The molecule has 0 aliphatic rings. The van der Waals surface area contributed by atoms with Crippen LogP contribution in [0.25, 0.3) is 0 Å². The maximum atomic E-state index is 6.12. The molecule has 2 aromatic rings. The predicted molar refractivity (Wildman–Crippen MR) is 80.7 cm³/mol. The summed E-state index contributed by atoms with van der Waals surface area (Å²) < 4.78 is 5.26. The van der Waals surface area contributed by atoms with Crippen molar-refractivity contribution in [3.05, 3.63) is 53.6 Å². The summed E-state index contributed by atoms with van der Waals surface area (Å²) in [6.07, 6.45) is 0. The maximum Gasteiger partial charge on any atom is 0.143 e. The van der Waals surface area contributed by atoms with E-state index in [1.807, 2.05) is 25.2 Å². The molecule has 0 saturated heterocycles. The molecule has 0 aromatic heterocycles. The molecular weight excluding hydrogens is 236 g/mol. The van der Waals surface area contributed by atoms with Crippen LogP contribution in [0.3, 0.4) is 0 Å². The van der Waals surface area contributed by atoms with Gasteiger partial charge in [-0.05, 0) is 30.2 Å². The summed E-state index contributed by atoms with van der Waals surface area (Å²) in [6, 6.07) is 14.2. The van der Waals surface area contributed by atoms with Crippen molar-refractivity contribution in [2.24, 2.45) is 0 Å². The minimum atomic E-state index is 0.682. The third kappa shape index (κ3) is 2.81. The van der Waals surface area contributed by atoms with Crippen LogP contribution in [0.1, 0.15) is 11.1 Å². The highest BCUT2D eigenvalue weighted by Gasteiger charge is 2.10. The highest BCUT2D eigenvalue weighted by Crippen LogP contribution is 2.32. The van der Waals surface area contributed by atoms with E-state index >= 15 is 0 Å². The van der Waals surface area contributed by atoms with Crippen LogP contribution in [0, 0.1) is 6.92 Å². The molecule has 100 valence electrons.